The summed E-state index contributed by atoms with van der Waals surface area (Å²) in [6.45, 7) is 5.66. The largest absolute Gasteiger partial charge is 0.398 e. The van der Waals surface area contributed by atoms with Crippen LogP contribution in [0.1, 0.15) is 31.4 Å². The van der Waals surface area contributed by atoms with Crippen molar-refractivity contribution in [3.63, 3.8) is 0 Å². The van der Waals surface area contributed by atoms with Crippen molar-refractivity contribution in [2.75, 3.05) is 25.5 Å². The van der Waals surface area contributed by atoms with E-state index in [1.165, 1.54) is 0 Å². The van der Waals surface area contributed by atoms with Crippen LogP contribution in [0.5, 0.6) is 0 Å². The van der Waals surface area contributed by atoms with Crippen molar-refractivity contribution in [2.24, 2.45) is 5.92 Å². The number of ether oxygens (including phenoxy) is 1. The maximum atomic E-state index is 12.6. The van der Waals surface area contributed by atoms with Crippen molar-refractivity contribution >= 4 is 15.7 Å². The minimum Gasteiger partial charge on any atom is -0.398 e. The van der Waals surface area contributed by atoms with Gasteiger partial charge in [0, 0.05) is 18.8 Å². The molecule has 21 heavy (non-hydrogen) atoms. The highest BCUT2D eigenvalue weighted by atomic mass is 32.2. The normalized spacial score (nSPS) is 19.0. The average Bonchev–Trinajstić information content (AvgIpc) is 2.97. The lowest BCUT2D eigenvalue weighted by Crippen LogP contribution is -2.30. The molecule has 1 aromatic carbocycles. The molecule has 1 atom stereocenters. The molecule has 6 heteroatoms. The predicted octanol–water partition coefficient (Wildman–Crippen LogP) is 1.71. The number of nitrogen functional groups attached to an aromatic ring is 1. The SMILES string of the molecule is CCc1cc(N)c(CC)c(S(=O)(=O)NCC2CCOC2)c1. The molecule has 0 aromatic heterocycles. The number of benzene rings is 1. The number of nitrogens with two attached hydrogens (primary N) is 1. The number of aryl methyl sites for hydroxylation is 1. The molecule has 0 amide bonds. The van der Waals surface area contributed by atoms with Crippen molar-refractivity contribution in [3.8, 4) is 0 Å². The molecular formula is C15H24N2O3S. The third-order valence-electron chi connectivity index (χ3n) is 3.94. The Morgan fingerprint density at radius 3 is 2.67 bits per heavy atom. The van der Waals surface area contributed by atoms with E-state index in [1.54, 1.807) is 6.07 Å². The lowest BCUT2D eigenvalue weighted by Gasteiger charge is -2.16. The van der Waals surface area contributed by atoms with E-state index in [9.17, 15) is 8.42 Å². The van der Waals surface area contributed by atoms with Gasteiger partial charge in [-0.3, -0.25) is 0 Å². The van der Waals surface area contributed by atoms with Gasteiger partial charge in [-0.15, -0.1) is 0 Å². The maximum Gasteiger partial charge on any atom is 0.240 e. The maximum absolute atomic E-state index is 12.6. The van der Waals surface area contributed by atoms with Gasteiger partial charge in [-0.1, -0.05) is 13.8 Å². The first-order chi connectivity index (χ1) is 9.97. The van der Waals surface area contributed by atoms with Crippen molar-refractivity contribution in [2.45, 2.75) is 38.0 Å². The number of hydrogen-bond acceptors (Lipinski definition) is 4. The van der Waals surface area contributed by atoms with Crippen LogP contribution in [0.3, 0.4) is 0 Å². The molecular weight excluding hydrogens is 288 g/mol. The highest BCUT2D eigenvalue weighted by molar-refractivity contribution is 7.89. The first-order valence-corrected chi connectivity index (χ1v) is 8.95. The fraction of sp³-hybridized carbons (Fsp3) is 0.600. The molecule has 0 spiro atoms. The van der Waals surface area contributed by atoms with Gasteiger partial charge in [0.05, 0.1) is 11.5 Å². The van der Waals surface area contributed by atoms with Crippen LogP contribution in [0.25, 0.3) is 0 Å². The summed E-state index contributed by atoms with van der Waals surface area (Å²) in [5, 5.41) is 0. The number of hydrogen-bond donors (Lipinski definition) is 2. The lowest BCUT2D eigenvalue weighted by molar-refractivity contribution is 0.186. The molecule has 0 saturated carbocycles. The second-order valence-corrected chi connectivity index (χ2v) is 7.19. The smallest absolute Gasteiger partial charge is 0.240 e. The summed E-state index contributed by atoms with van der Waals surface area (Å²) in [5.74, 6) is 0.261. The molecule has 0 aliphatic carbocycles. The van der Waals surface area contributed by atoms with Crippen molar-refractivity contribution in [3.05, 3.63) is 23.3 Å². The monoisotopic (exact) mass is 312 g/mol. The third kappa shape index (κ3) is 3.75. The molecule has 0 bridgehead atoms. The van der Waals surface area contributed by atoms with Gasteiger partial charge in [0.2, 0.25) is 10.0 Å². The van der Waals surface area contributed by atoms with Crippen LogP contribution in [0.4, 0.5) is 5.69 Å². The molecule has 2 rings (SSSR count). The van der Waals surface area contributed by atoms with E-state index in [-0.39, 0.29) is 5.92 Å². The Morgan fingerprint density at radius 2 is 2.10 bits per heavy atom. The van der Waals surface area contributed by atoms with Crippen LogP contribution < -0.4 is 10.5 Å². The van der Waals surface area contributed by atoms with Crippen LogP contribution >= 0.6 is 0 Å². The summed E-state index contributed by atoms with van der Waals surface area (Å²) >= 11 is 0. The summed E-state index contributed by atoms with van der Waals surface area (Å²) < 4.78 is 33.1. The third-order valence-corrected chi connectivity index (χ3v) is 5.43. The molecule has 1 heterocycles. The number of anilines is 1. The summed E-state index contributed by atoms with van der Waals surface area (Å²) in [7, 11) is -3.53. The Balaban J connectivity index is 2.27. The number of nitrogens with one attached hydrogen (secondary N) is 1. The molecule has 1 unspecified atom stereocenters. The zero-order valence-corrected chi connectivity index (χ0v) is 13.5. The predicted molar refractivity (Wildman–Crippen MR) is 83.7 cm³/mol. The Morgan fingerprint density at radius 1 is 1.33 bits per heavy atom. The molecule has 118 valence electrons. The highest BCUT2D eigenvalue weighted by Crippen LogP contribution is 2.25. The van der Waals surface area contributed by atoms with Crippen molar-refractivity contribution < 1.29 is 13.2 Å². The summed E-state index contributed by atoms with van der Waals surface area (Å²) in [4.78, 5) is 0.320. The quantitative estimate of drug-likeness (QED) is 0.784. The molecule has 1 fully saturated rings. The van der Waals surface area contributed by atoms with Gasteiger partial charge in [0.1, 0.15) is 0 Å². The molecule has 1 saturated heterocycles. The molecule has 1 aromatic rings. The fourth-order valence-electron chi connectivity index (χ4n) is 2.60. The second-order valence-electron chi connectivity index (χ2n) is 5.45. The Labute approximate surface area is 126 Å². The van der Waals surface area contributed by atoms with E-state index < -0.39 is 10.0 Å². The Kier molecular flexibility index (Phi) is 5.24. The lowest BCUT2D eigenvalue weighted by atomic mass is 10.1. The van der Waals surface area contributed by atoms with Crippen molar-refractivity contribution in [1.29, 1.82) is 0 Å². The van der Waals surface area contributed by atoms with Crippen molar-refractivity contribution in [1.82, 2.24) is 4.72 Å². The minimum absolute atomic E-state index is 0.261. The van der Waals surface area contributed by atoms with Gasteiger partial charge >= 0.3 is 0 Å². The highest BCUT2D eigenvalue weighted by Gasteiger charge is 2.23. The van der Waals surface area contributed by atoms with Gasteiger partial charge < -0.3 is 10.5 Å². The zero-order valence-electron chi connectivity index (χ0n) is 12.7. The van der Waals surface area contributed by atoms with E-state index in [2.05, 4.69) is 4.72 Å². The molecule has 1 aliphatic rings. The van der Waals surface area contributed by atoms with E-state index in [4.69, 9.17) is 10.5 Å². The van der Waals surface area contributed by atoms with E-state index in [0.717, 1.165) is 18.4 Å². The van der Waals surface area contributed by atoms with Crippen LogP contribution in [-0.2, 0) is 27.6 Å². The topological polar surface area (TPSA) is 81.4 Å². The van der Waals surface area contributed by atoms with Gasteiger partial charge in [-0.25, -0.2) is 13.1 Å². The number of sulfonamides is 1. The van der Waals surface area contributed by atoms with Crippen LogP contribution in [0.15, 0.2) is 17.0 Å². The van der Waals surface area contributed by atoms with Gasteiger partial charge in [0.25, 0.3) is 0 Å². The standard InChI is InChI=1S/C15H24N2O3S/c1-3-11-7-14(16)13(4-2)15(8-11)21(18,19)17-9-12-5-6-20-10-12/h7-8,12,17H,3-6,9-10,16H2,1-2H3. The summed E-state index contributed by atoms with van der Waals surface area (Å²) in [6, 6.07) is 3.60. The molecule has 3 N–H and O–H groups in total. The van der Waals surface area contributed by atoms with E-state index in [0.29, 0.717) is 42.3 Å². The summed E-state index contributed by atoms with van der Waals surface area (Å²) in [6.07, 6.45) is 2.26. The molecule has 1 aliphatic heterocycles. The summed E-state index contributed by atoms with van der Waals surface area (Å²) in [5.41, 5.74) is 8.20. The zero-order chi connectivity index (χ0) is 15.5. The molecule has 0 radical (unpaired) electrons. The van der Waals surface area contributed by atoms with Gasteiger partial charge in [0.15, 0.2) is 0 Å². The van der Waals surface area contributed by atoms with E-state index in [1.807, 2.05) is 19.9 Å². The van der Waals surface area contributed by atoms with Crippen LogP contribution in [0.2, 0.25) is 0 Å². The van der Waals surface area contributed by atoms with Gasteiger partial charge in [-0.05, 0) is 48.4 Å². The average molecular weight is 312 g/mol. The molecule has 5 nitrogen and oxygen atoms in total. The second kappa shape index (κ2) is 6.77. The number of rotatable bonds is 6. The van der Waals surface area contributed by atoms with Crippen LogP contribution in [0, 0.1) is 5.92 Å². The first-order valence-electron chi connectivity index (χ1n) is 7.46. The fourth-order valence-corrected chi connectivity index (χ4v) is 4.10. The van der Waals surface area contributed by atoms with E-state index >= 15 is 0 Å². The first kappa shape index (κ1) is 16.3. The van der Waals surface area contributed by atoms with Crippen LogP contribution in [-0.4, -0.2) is 28.2 Å². The Bertz CT molecular complexity index is 593. The minimum atomic E-state index is -3.53. The Hall–Kier alpha value is -1.11. The van der Waals surface area contributed by atoms with Gasteiger partial charge in [-0.2, -0.15) is 0 Å².